The molecule has 2 rings (SSSR count). The van der Waals surface area contributed by atoms with Crippen LogP contribution in [-0.2, 0) is 6.42 Å². The number of aryl methyl sites for hydroxylation is 1. The highest BCUT2D eigenvalue weighted by atomic mass is 16.5. The molecule has 0 amide bonds. The lowest BCUT2D eigenvalue weighted by atomic mass is 10.00. The molecule has 2 atom stereocenters. The molecule has 1 aliphatic heterocycles. The lowest BCUT2D eigenvalue weighted by Crippen LogP contribution is -2.31. The first kappa shape index (κ1) is 11.4. The molecule has 0 aromatic heterocycles. The third-order valence-electron chi connectivity index (χ3n) is 3.20. The number of likely N-dealkylation sites (N-methyl/N-ethyl adjacent to an activating group) is 1. The van der Waals surface area contributed by atoms with Crippen molar-refractivity contribution in [1.82, 2.24) is 5.32 Å². The molecule has 0 saturated carbocycles. The van der Waals surface area contributed by atoms with E-state index in [1.54, 1.807) is 0 Å². The summed E-state index contributed by atoms with van der Waals surface area (Å²) in [7, 11) is 1.90. The van der Waals surface area contributed by atoms with Crippen LogP contribution in [0.2, 0.25) is 0 Å². The van der Waals surface area contributed by atoms with Gasteiger partial charge >= 0.3 is 0 Å². The summed E-state index contributed by atoms with van der Waals surface area (Å²) in [4.78, 5) is 0. The molecule has 16 heavy (non-hydrogen) atoms. The van der Waals surface area contributed by atoms with Crippen molar-refractivity contribution in [2.75, 3.05) is 13.7 Å². The summed E-state index contributed by atoms with van der Waals surface area (Å²) in [5.74, 6) is 0.822. The van der Waals surface area contributed by atoms with Gasteiger partial charge in [0, 0.05) is 11.6 Å². The van der Waals surface area contributed by atoms with Crippen LogP contribution in [0, 0.1) is 0 Å². The predicted octanol–water partition coefficient (Wildman–Crippen LogP) is 1.65. The van der Waals surface area contributed by atoms with Crippen LogP contribution in [0.5, 0.6) is 5.75 Å². The smallest absolute Gasteiger partial charge is 0.125 e. The molecular formula is C13H19NO2. The molecule has 88 valence electrons. The number of ether oxygens (including phenoxy) is 1. The molecule has 0 spiro atoms. The van der Waals surface area contributed by atoms with Gasteiger partial charge in [0.1, 0.15) is 12.4 Å². The Balaban J connectivity index is 2.30. The van der Waals surface area contributed by atoms with Crippen molar-refractivity contribution >= 4 is 0 Å². The van der Waals surface area contributed by atoms with Crippen molar-refractivity contribution in [3.8, 4) is 5.75 Å². The summed E-state index contributed by atoms with van der Waals surface area (Å²) in [6.45, 7) is 2.73. The van der Waals surface area contributed by atoms with Gasteiger partial charge in [-0.25, -0.2) is 0 Å². The fourth-order valence-electron chi connectivity index (χ4n) is 2.07. The van der Waals surface area contributed by atoms with Gasteiger partial charge in [0.15, 0.2) is 0 Å². The number of hydrogen-bond donors (Lipinski definition) is 2. The quantitative estimate of drug-likeness (QED) is 0.798. The Morgan fingerprint density at radius 1 is 1.50 bits per heavy atom. The molecule has 3 heteroatoms. The van der Waals surface area contributed by atoms with Crippen LogP contribution >= 0.6 is 0 Å². The van der Waals surface area contributed by atoms with E-state index in [4.69, 9.17) is 4.74 Å². The van der Waals surface area contributed by atoms with E-state index in [0.717, 1.165) is 17.7 Å². The Labute approximate surface area is 96.4 Å². The summed E-state index contributed by atoms with van der Waals surface area (Å²) in [5.41, 5.74) is 2.17. The van der Waals surface area contributed by atoms with Gasteiger partial charge in [-0.2, -0.15) is 0 Å². The molecule has 1 aliphatic rings. The van der Waals surface area contributed by atoms with Crippen molar-refractivity contribution in [3.63, 3.8) is 0 Å². The molecule has 0 bridgehead atoms. The van der Waals surface area contributed by atoms with Gasteiger partial charge in [-0.05, 0) is 37.6 Å². The van der Waals surface area contributed by atoms with E-state index >= 15 is 0 Å². The van der Waals surface area contributed by atoms with Crippen molar-refractivity contribution in [2.45, 2.75) is 31.9 Å². The third kappa shape index (κ3) is 2.20. The van der Waals surface area contributed by atoms with Crippen LogP contribution in [0.15, 0.2) is 18.2 Å². The number of nitrogens with one attached hydrogen (secondary N) is 1. The van der Waals surface area contributed by atoms with Gasteiger partial charge in [0.2, 0.25) is 0 Å². The molecular weight excluding hydrogens is 202 g/mol. The molecule has 0 saturated heterocycles. The molecule has 3 nitrogen and oxygen atoms in total. The van der Waals surface area contributed by atoms with Crippen LogP contribution in [0.1, 0.15) is 30.6 Å². The molecule has 1 aromatic rings. The standard InChI is InChI=1S/C13H19NO2/c1-3-9-4-5-13-11(6-9)12(15)7-10(14-2)8-16-13/h4-6,10,12,14-15H,3,7-8H2,1-2H3/t10-,12+/m1/s1. The van der Waals surface area contributed by atoms with Crippen LogP contribution in [0.3, 0.4) is 0 Å². The van der Waals surface area contributed by atoms with E-state index in [1.807, 2.05) is 13.1 Å². The zero-order chi connectivity index (χ0) is 11.5. The lowest BCUT2D eigenvalue weighted by molar-refractivity contribution is 0.153. The highest BCUT2D eigenvalue weighted by Crippen LogP contribution is 2.32. The highest BCUT2D eigenvalue weighted by molar-refractivity contribution is 5.39. The minimum absolute atomic E-state index is 0.215. The average Bonchev–Trinajstić information content (AvgIpc) is 2.48. The van der Waals surface area contributed by atoms with Gasteiger partial charge in [0.25, 0.3) is 0 Å². The van der Waals surface area contributed by atoms with Gasteiger partial charge in [-0.15, -0.1) is 0 Å². The first-order valence-electron chi connectivity index (χ1n) is 5.85. The van der Waals surface area contributed by atoms with E-state index in [-0.39, 0.29) is 6.04 Å². The third-order valence-corrected chi connectivity index (χ3v) is 3.20. The maximum absolute atomic E-state index is 10.1. The van der Waals surface area contributed by atoms with Crippen LogP contribution in [-0.4, -0.2) is 24.8 Å². The van der Waals surface area contributed by atoms with Crippen LogP contribution in [0.4, 0.5) is 0 Å². The van der Waals surface area contributed by atoms with Gasteiger partial charge in [0.05, 0.1) is 6.10 Å². The number of fused-ring (bicyclic) bond motifs is 1. The second-order valence-electron chi connectivity index (χ2n) is 4.27. The molecule has 0 radical (unpaired) electrons. The van der Waals surface area contributed by atoms with Gasteiger partial charge in [-0.1, -0.05) is 13.0 Å². The van der Waals surface area contributed by atoms with Gasteiger partial charge < -0.3 is 15.2 Å². The zero-order valence-corrected chi connectivity index (χ0v) is 9.86. The van der Waals surface area contributed by atoms with E-state index in [2.05, 4.69) is 24.4 Å². The molecule has 0 unspecified atom stereocenters. The van der Waals surface area contributed by atoms with Crippen molar-refractivity contribution < 1.29 is 9.84 Å². The normalized spacial score (nSPS) is 24.4. The highest BCUT2D eigenvalue weighted by Gasteiger charge is 2.23. The number of rotatable bonds is 2. The fourth-order valence-corrected chi connectivity index (χ4v) is 2.07. The maximum atomic E-state index is 10.1. The Hall–Kier alpha value is -1.06. The monoisotopic (exact) mass is 221 g/mol. The lowest BCUT2D eigenvalue weighted by Gasteiger charge is -2.14. The first-order chi connectivity index (χ1) is 7.74. The van der Waals surface area contributed by atoms with Crippen molar-refractivity contribution in [3.05, 3.63) is 29.3 Å². The Morgan fingerprint density at radius 2 is 2.31 bits per heavy atom. The summed E-state index contributed by atoms with van der Waals surface area (Å²) in [5, 5.41) is 13.3. The average molecular weight is 221 g/mol. The van der Waals surface area contributed by atoms with E-state index in [1.165, 1.54) is 5.56 Å². The van der Waals surface area contributed by atoms with E-state index in [0.29, 0.717) is 13.0 Å². The minimum Gasteiger partial charge on any atom is -0.492 e. The maximum Gasteiger partial charge on any atom is 0.125 e. The largest absolute Gasteiger partial charge is 0.492 e. The summed E-state index contributed by atoms with van der Waals surface area (Å²) < 4.78 is 5.70. The molecule has 0 fully saturated rings. The molecule has 2 N–H and O–H groups in total. The predicted molar refractivity (Wildman–Crippen MR) is 63.7 cm³/mol. The van der Waals surface area contributed by atoms with E-state index < -0.39 is 6.10 Å². The topological polar surface area (TPSA) is 41.5 Å². The molecule has 1 heterocycles. The SMILES string of the molecule is CCc1ccc2c(c1)[C@@H](O)C[C@@H](NC)CO2. The van der Waals surface area contributed by atoms with Gasteiger partial charge in [-0.3, -0.25) is 0 Å². The first-order valence-corrected chi connectivity index (χ1v) is 5.85. The number of aliphatic hydroxyl groups excluding tert-OH is 1. The van der Waals surface area contributed by atoms with Crippen molar-refractivity contribution in [2.24, 2.45) is 0 Å². The van der Waals surface area contributed by atoms with Crippen molar-refractivity contribution in [1.29, 1.82) is 0 Å². The number of benzene rings is 1. The van der Waals surface area contributed by atoms with Crippen LogP contribution < -0.4 is 10.1 Å². The second kappa shape index (κ2) is 4.85. The minimum atomic E-state index is -0.429. The zero-order valence-electron chi connectivity index (χ0n) is 9.86. The number of aliphatic hydroxyl groups is 1. The number of hydrogen-bond acceptors (Lipinski definition) is 3. The second-order valence-corrected chi connectivity index (χ2v) is 4.27. The Bertz CT molecular complexity index is 365. The van der Waals surface area contributed by atoms with Crippen LogP contribution in [0.25, 0.3) is 0 Å². The summed E-state index contributed by atoms with van der Waals surface area (Å²) >= 11 is 0. The summed E-state index contributed by atoms with van der Waals surface area (Å²) in [6.07, 6.45) is 1.26. The molecule has 1 aromatic carbocycles. The Kier molecular flexibility index (Phi) is 3.46. The van der Waals surface area contributed by atoms with E-state index in [9.17, 15) is 5.11 Å². The Morgan fingerprint density at radius 3 is 3.00 bits per heavy atom. The fraction of sp³-hybridized carbons (Fsp3) is 0.538. The molecule has 0 aliphatic carbocycles. The summed E-state index contributed by atoms with van der Waals surface area (Å²) in [6, 6.07) is 6.30.